The van der Waals surface area contributed by atoms with Gasteiger partial charge in [-0.05, 0) is 77.4 Å². The predicted molar refractivity (Wildman–Crippen MR) is 209 cm³/mol. The molecular weight excluding hydrogens is 815 g/mol. The fourth-order valence-electron chi connectivity index (χ4n) is 5.55. The molecule has 0 unspecified atom stereocenters. The third-order valence-corrected chi connectivity index (χ3v) is 12.9. The summed E-state index contributed by atoms with van der Waals surface area (Å²) in [6, 6.07) is 56.7. The van der Waals surface area contributed by atoms with E-state index >= 15 is 0 Å². The molecule has 0 atom stereocenters. The normalized spacial score (nSPS) is 10.4. The van der Waals surface area contributed by atoms with Gasteiger partial charge in [0, 0.05) is 11.6 Å². The monoisotopic (exact) mass is 852 g/mol. The second-order valence-electron chi connectivity index (χ2n) is 11.1. The fourth-order valence-corrected chi connectivity index (χ4v) is 8.99. The van der Waals surface area contributed by atoms with Gasteiger partial charge in [-0.25, -0.2) is 0 Å². The number of aromatic nitrogens is 4. The third kappa shape index (κ3) is 8.65. The summed E-state index contributed by atoms with van der Waals surface area (Å²) in [6.45, 7) is 11.7. The summed E-state index contributed by atoms with van der Waals surface area (Å²) in [5.41, 5.74) is 1.84. The average Bonchev–Trinajstić information content (AvgIpc) is 3.79. The van der Waals surface area contributed by atoms with Crippen LogP contribution in [0.3, 0.4) is 0 Å². The van der Waals surface area contributed by atoms with Crippen LogP contribution in [0, 0.1) is 6.57 Å². The smallest absolute Gasteiger partial charge is 0.398 e. The zero-order valence-electron chi connectivity index (χ0n) is 27.3. The third-order valence-electron chi connectivity index (χ3n) is 8.12. The number of fused-ring (bicyclic) bond motifs is 3. The Morgan fingerprint density at radius 3 is 1.45 bits per heavy atom. The molecule has 8 heteroatoms. The van der Waals surface area contributed by atoms with Crippen molar-refractivity contribution in [1.82, 2.24) is 19.7 Å². The molecule has 0 spiro atoms. The molecule has 8 aromatic rings. The molecule has 5 aromatic carbocycles. The summed E-state index contributed by atoms with van der Waals surface area (Å²) < 4.78 is 1.94. The van der Waals surface area contributed by atoms with Gasteiger partial charge >= 0.3 is 19.8 Å². The molecule has 0 aliphatic rings. The van der Waals surface area contributed by atoms with Crippen molar-refractivity contribution in [2.75, 3.05) is 13.3 Å². The number of rotatable bonds is 5. The van der Waals surface area contributed by atoms with Crippen molar-refractivity contribution >= 4 is 64.8 Å². The van der Waals surface area contributed by atoms with Crippen LogP contribution in [0.4, 0.5) is 5.82 Å². The molecule has 0 N–H and O–H groups in total. The molecule has 0 fully saturated rings. The molecule has 0 amide bonds. The van der Waals surface area contributed by atoms with Gasteiger partial charge in [0.1, 0.15) is 0 Å². The first-order chi connectivity index (χ1) is 23.6. The van der Waals surface area contributed by atoms with Gasteiger partial charge in [0.15, 0.2) is 0 Å². The van der Waals surface area contributed by atoms with Gasteiger partial charge in [0.25, 0.3) is 5.82 Å². The van der Waals surface area contributed by atoms with Crippen molar-refractivity contribution < 1.29 is 19.8 Å². The summed E-state index contributed by atoms with van der Waals surface area (Å²) >= 11 is 0. The van der Waals surface area contributed by atoms with E-state index in [9.17, 15) is 0 Å². The average molecular weight is 851 g/mol. The van der Waals surface area contributed by atoms with Crippen LogP contribution >= 0.6 is 15.8 Å². The van der Waals surface area contributed by atoms with Gasteiger partial charge in [0.05, 0.1) is 56.0 Å². The van der Waals surface area contributed by atoms with Crippen LogP contribution in [-0.4, -0.2) is 28.0 Å². The maximum atomic E-state index is 7.01. The van der Waals surface area contributed by atoms with Crippen LogP contribution in [0.25, 0.3) is 32.6 Å². The minimum absolute atomic E-state index is 0. The van der Waals surface area contributed by atoms with Crippen LogP contribution in [0.2, 0.25) is 0 Å². The Hall–Kier alpha value is -4.75. The molecule has 0 saturated heterocycles. The second-order valence-corrected chi connectivity index (χ2v) is 15.9. The largest absolute Gasteiger partial charge is 1.00 e. The molecular formula is C41H36N5OsP2+2. The first kappa shape index (κ1) is 35.6. The van der Waals surface area contributed by atoms with Gasteiger partial charge in [-0.15, -0.1) is 5.10 Å². The maximum absolute atomic E-state index is 7.01. The number of hydrogen-bond acceptors (Lipinski definition) is 2. The Kier molecular flexibility index (Phi) is 12.8. The van der Waals surface area contributed by atoms with E-state index in [2.05, 4.69) is 161 Å². The summed E-state index contributed by atoms with van der Waals surface area (Å²) in [7, 11) is -1.09. The second kappa shape index (κ2) is 17.6. The van der Waals surface area contributed by atoms with E-state index in [0.29, 0.717) is 11.6 Å². The van der Waals surface area contributed by atoms with Crippen molar-refractivity contribution in [1.29, 1.82) is 0 Å². The summed E-state index contributed by atoms with van der Waals surface area (Å²) in [5, 5.41) is 16.0. The van der Waals surface area contributed by atoms with Crippen molar-refractivity contribution in [2.24, 2.45) is 0 Å². The number of hydrogen-bond donors (Lipinski definition) is 0. The quantitative estimate of drug-likeness (QED) is 0.130. The summed E-state index contributed by atoms with van der Waals surface area (Å²) in [6.07, 6.45) is 1.75. The molecule has 1 radical (unpaired) electrons. The maximum Gasteiger partial charge on any atom is 1.00 e. The van der Waals surface area contributed by atoms with E-state index < -0.39 is 15.8 Å². The van der Waals surface area contributed by atoms with Crippen molar-refractivity contribution in [3.63, 3.8) is 0 Å². The Labute approximate surface area is 303 Å². The molecule has 8 rings (SSSR count). The van der Waals surface area contributed by atoms with E-state index in [1.165, 1.54) is 21.2 Å². The van der Waals surface area contributed by atoms with E-state index in [-0.39, 0.29) is 19.8 Å². The van der Waals surface area contributed by atoms with Gasteiger partial charge in [-0.3, -0.25) is 10.1 Å². The number of pyridine rings is 1. The molecule has 5 nitrogen and oxygen atoms in total. The molecule has 0 aliphatic carbocycles. The standard InChI is InChI=1S/C15H8N5.2C13H13P.Os/c1-16-13-9-14(19-18-13)20-12-7-3-2-5-10(12)11-6-4-8-17-15(11)20;2*1-14(12-8-4-2-5-9-12)13-10-6-3-7-11-13;/h2-9H;2*2-11H,1H3;/q-1;;;+1/p+2. The van der Waals surface area contributed by atoms with Crippen LogP contribution in [0.1, 0.15) is 0 Å². The Morgan fingerprint density at radius 1 is 0.571 bits per heavy atom. The van der Waals surface area contributed by atoms with Gasteiger partial charge in [-0.2, -0.15) is 0 Å². The molecule has 0 aliphatic heterocycles. The van der Waals surface area contributed by atoms with Crippen LogP contribution in [0.5, 0.6) is 0 Å². The minimum Gasteiger partial charge on any atom is -0.398 e. The zero-order valence-corrected chi connectivity index (χ0v) is 31.8. The van der Waals surface area contributed by atoms with Gasteiger partial charge < -0.3 is 9.41 Å². The molecule has 3 heterocycles. The molecule has 0 bridgehead atoms. The number of benzene rings is 5. The van der Waals surface area contributed by atoms with Crippen molar-refractivity contribution in [2.45, 2.75) is 0 Å². The Morgan fingerprint density at radius 2 is 1.00 bits per heavy atom. The van der Waals surface area contributed by atoms with E-state index in [4.69, 9.17) is 6.57 Å². The Bertz CT molecular complexity index is 2020. The van der Waals surface area contributed by atoms with Gasteiger partial charge in [-0.1, -0.05) is 110 Å². The van der Waals surface area contributed by atoms with E-state index in [1.54, 1.807) is 12.3 Å². The first-order valence-electron chi connectivity index (χ1n) is 15.7. The minimum atomic E-state index is -0.545. The van der Waals surface area contributed by atoms with Crippen LogP contribution in [0.15, 0.2) is 170 Å². The van der Waals surface area contributed by atoms with Gasteiger partial charge in [0.2, 0.25) is 0 Å². The first-order valence-corrected chi connectivity index (χ1v) is 19.7. The Balaban J connectivity index is 0.000000146. The molecule has 3 aromatic heterocycles. The topological polar surface area (TPSA) is 49.2 Å². The molecule has 0 saturated carbocycles. The SMILES string of the molecule is C[PH+](c1ccccc1)c1ccccc1.C[PH+](c1ccccc1)c1ccccc1.[C-]#[N+]c1cc(-n2c3ccccc3c3cccnc32)[n-]n1.[Os+]. The number of nitrogens with zero attached hydrogens (tertiary/aromatic N) is 5. The van der Waals surface area contributed by atoms with E-state index in [0.717, 1.165) is 21.9 Å². The summed E-state index contributed by atoms with van der Waals surface area (Å²) in [5.74, 6) is 0.919. The van der Waals surface area contributed by atoms with Crippen LogP contribution in [-0.2, 0) is 19.8 Å². The van der Waals surface area contributed by atoms with Crippen LogP contribution < -0.4 is 26.3 Å². The fraction of sp³-hybridized carbons (Fsp3) is 0.0488. The summed E-state index contributed by atoms with van der Waals surface area (Å²) in [4.78, 5) is 7.75. The molecule has 49 heavy (non-hydrogen) atoms. The van der Waals surface area contributed by atoms with E-state index in [1.807, 2.05) is 34.9 Å². The van der Waals surface area contributed by atoms with Crippen molar-refractivity contribution in [3.05, 3.63) is 181 Å². The molecule has 241 valence electrons. The zero-order chi connectivity index (χ0) is 33.1. The predicted octanol–water partition coefficient (Wildman–Crippen LogP) is 8.04. The number of para-hydroxylation sites is 1. The van der Waals surface area contributed by atoms with Crippen molar-refractivity contribution in [3.8, 4) is 5.82 Å².